The Labute approximate surface area is 113 Å². The van der Waals surface area contributed by atoms with Crippen LogP contribution in [-0.2, 0) is 0 Å². The van der Waals surface area contributed by atoms with Crippen molar-refractivity contribution in [1.82, 2.24) is 0 Å². The predicted molar refractivity (Wildman–Crippen MR) is 42.2 cm³/mol. The molecule has 0 amide bonds. The molecule has 0 aliphatic heterocycles. The van der Waals surface area contributed by atoms with Crippen LogP contribution >= 0.6 is 23.2 Å². The van der Waals surface area contributed by atoms with Crippen LogP contribution in [0, 0.1) is 0 Å². The minimum absolute atomic E-state index is 0. The molecule has 0 heterocycles. The Morgan fingerprint density at radius 3 is 1.45 bits per heavy atom. The van der Waals surface area contributed by atoms with Crippen molar-refractivity contribution in [3.05, 3.63) is 34.3 Å². The van der Waals surface area contributed by atoms with Crippen molar-refractivity contribution < 1.29 is 34.0 Å². The van der Waals surface area contributed by atoms with Gasteiger partial charge < -0.3 is 34.0 Å². The van der Waals surface area contributed by atoms with Crippen LogP contribution in [0.2, 0.25) is 10.0 Å². The maximum Gasteiger partial charge on any atom is 2.00 e. The summed E-state index contributed by atoms with van der Waals surface area (Å²) in [5, 5.41) is 1.36. The fourth-order valence-electron chi connectivity index (χ4n) is 0.460. The van der Waals surface area contributed by atoms with Gasteiger partial charge in [0.25, 0.3) is 0 Å². The van der Waals surface area contributed by atoms with Gasteiger partial charge in [0.1, 0.15) is 0 Å². The molecule has 0 nitrogen and oxygen atoms in total. The average Bonchev–Trinajstić information content (AvgIpc) is 1.64. The van der Waals surface area contributed by atoms with Crippen molar-refractivity contribution in [2.24, 2.45) is 0 Å². The molecule has 11 heavy (non-hydrogen) atoms. The van der Waals surface area contributed by atoms with Crippen LogP contribution in [-0.4, -0.2) is 23.1 Å². The molecule has 0 aliphatic rings. The molecule has 58 valence electrons. The summed E-state index contributed by atoms with van der Waals surface area (Å²) in [4.78, 5) is 0. The van der Waals surface area contributed by atoms with Gasteiger partial charge in [0.05, 0.1) is 0 Å². The van der Waals surface area contributed by atoms with Gasteiger partial charge in [-0.15, -0.1) is 0 Å². The normalized spacial score (nSPS) is 6.73. The van der Waals surface area contributed by atoms with Crippen LogP contribution in [0.3, 0.4) is 0 Å². The van der Waals surface area contributed by atoms with Gasteiger partial charge in [0.2, 0.25) is 0 Å². The first-order valence-electron chi connectivity index (χ1n) is 2.20. The maximum atomic E-state index is 5.56. The van der Waals surface area contributed by atoms with E-state index in [0.29, 0.717) is 10.0 Å². The van der Waals surface area contributed by atoms with Crippen LogP contribution in [0.5, 0.6) is 0 Å². The standard InChI is InChI=1S/C6H4Cl2.2BrH.Mg/c7-5-2-1-3-6(8)4-5;;;/h1-4H;2*1H;/q;;;+2/p-2. The van der Waals surface area contributed by atoms with Crippen LogP contribution in [0.4, 0.5) is 0 Å². The summed E-state index contributed by atoms with van der Waals surface area (Å²) in [6.45, 7) is 0. The van der Waals surface area contributed by atoms with E-state index in [9.17, 15) is 0 Å². The molecular formula is C6H4Br2Cl2Mg. The second kappa shape index (κ2) is 9.61. The second-order valence-corrected chi connectivity index (χ2v) is 2.31. The van der Waals surface area contributed by atoms with E-state index >= 15 is 0 Å². The van der Waals surface area contributed by atoms with Crippen molar-refractivity contribution in [3.8, 4) is 0 Å². The molecular weight excluding hydrogens is 327 g/mol. The van der Waals surface area contributed by atoms with E-state index in [-0.39, 0.29) is 57.0 Å². The molecule has 0 N–H and O–H groups in total. The van der Waals surface area contributed by atoms with Crippen molar-refractivity contribution in [1.29, 1.82) is 0 Å². The minimum atomic E-state index is 0. The summed E-state index contributed by atoms with van der Waals surface area (Å²) in [5.74, 6) is 0. The van der Waals surface area contributed by atoms with Crippen LogP contribution in [0.15, 0.2) is 24.3 Å². The summed E-state index contributed by atoms with van der Waals surface area (Å²) in [7, 11) is 0. The molecule has 0 aromatic heterocycles. The molecule has 0 bridgehead atoms. The number of hydrogen-bond donors (Lipinski definition) is 0. The first-order valence-corrected chi connectivity index (χ1v) is 2.96. The maximum absolute atomic E-state index is 5.56. The Kier molecular flexibility index (Phi) is 16.0. The van der Waals surface area contributed by atoms with E-state index < -0.39 is 0 Å². The van der Waals surface area contributed by atoms with Gasteiger partial charge in [-0.2, -0.15) is 0 Å². The van der Waals surface area contributed by atoms with E-state index in [1.165, 1.54) is 0 Å². The average molecular weight is 331 g/mol. The SMILES string of the molecule is Clc1cccc(Cl)c1.[Br-].[Br-].[Mg+2]. The summed E-state index contributed by atoms with van der Waals surface area (Å²) in [6.07, 6.45) is 0. The van der Waals surface area contributed by atoms with E-state index in [1.807, 2.05) is 6.07 Å². The zero-order chi connectivity index (χ0) is 5.98. The van der Waals surface area contributed by atoms with Crippen molar-refractivity contribution >= 4 is 46.3 Å². The summed E-state index contributed by atoms with van der Waals surface area (Å²) < 4.78 is 0. The Morgan fingerprint density at radius 2 is 1.27 bits per heavy atom. The van der Waals surface area contributed by atoms with Gasteiger partial charge in [0, 0.05) is 10.0 Å². The Bertz CT molecular complexity index is 178. The Balaban J connectivity index is -0.000000213. The molecule has 0 saturated carbocycles. The molecule has 0 atom stereocenters. The van der Waals surface area contributed by atoms with Gasteiger partial charge >= 0.3 is 23.1 Å². The van der Waals surface area contributed by atoms with Crippen LogP contribution in [0.25, 0.3) is 0 Å². The number of hydrogen-bond acceptors (Lipinski definition) is 0. The first-order chi connectivity index (χ1) is 3.79. The van der Waals surface area contributed by atoms with Crippen molar-refractivity contribution in [3.63, 3.8) is 0 Å². The van der Waals surface area contributed by atoms with Gasteiger partial charge in [-0.25, -0.2) is 0 Å². The topological polar surface area (TPSA) is 0 Å². The van der Waals surface area contributed by atoms with E-state index in [0.717, 1.165) is 0 Å². The fraction of sp³-hybridized carbons (Fsp3) is 0. The fourth-order valence-corrected chi connectivity index (χ4v) is 0.896. The summed E-state index contributed by atoms with van der Waals surface area (Å²) in [6, 6.07) is 7.08. The largest absolute Gasteiger partial charge is 2.00 e. The molecule has 1 aromatic rings. The molecule has 0 radical (unpaired) electrons. The molecule has 0 aliphatic carbocycles. The van der Waals surface area contributed by atoms with E-state index in [1.54, 1.807) is 18.2 Å². The third-order valence-corrected chi connectivity index (χ3v) is 1.26. The number of benzene rings is 1. The molecule has 0 saturated heterocycles. The predicted octanol–water partition coefficient (Wildman–Crippen LogP) is -3.38. The second-order valence-electron chi connectivity index (χ2n) is 1.44. The smallest absolute Gasteiger partial charge is 1.00 e. The Hall–Kier alpha value is 1.53. The van der Waals surface area contributed by atoms with Crippen molar-refractivity contribution in [2.75, 3.05) is 0 Å². The van der Waals surface area contributed by atoms with Crippen molar-refractivity contribution in [2.45, 2.75) is 0 Å². The van der Waals surface area contributed by atoms with E-state index in [2.05, 4.69) is 0 Å². The third kappa shape index (κ3) is 7.87. The zero-order valence-electron chi connectivity index (χ0n) is 5.53. The van der Waals surface area contributed by atoms with Gasteiger partial charge in [0.15, 0.2) is 0 Å². The van der Waals surface area contributed by atoms with E-state index in [4.69, 9.17) is 23.2 Å². The molecule has 0 fully saturated rings. The Morgan fingerprint density at radius 1 is 0.909 bits per heavy atom. The molecule has 1 rings (SSSR count). The summed E-state index contributed by atoms with van der Waals surface area (Å²) >= 11 is 11.1. The number of rotatable bonds is 0. The quantitative estimate of drug-likeness (QED) is 0.436. The monoisotopic (exact) mass is 328 g/mol. The minimum Gasteiger partial charge on any atom is -1.00 e. The van der Waals surface area contributed by atoms with Crippen LogP contribution in [0.1, 0.15) is 0 Å². The zero-order valence-corrected chi connectivity index (χ0v) is 11.6. The van der Waals surface area contributed by atoms with Crippen LogP contribution < -0.4 is 34.0 Å². The molecule has 5 heteroatoms. The molecule has 0 spiro atoms. The molecule has 1 aromatic carbocycles. The molecule has 0 unspecified atom stereocenters. The first kappa shape index (κ1) is 18.3. The van der Waals surface area contributed by atoms with Gasteiger partial charge in [-0.05, 0) is 18.2 Å². The summed E-state index contributed by atoms with van der Waals surface area (Å²) in [5.41, 5.74) is 0. The number of halogens is 4. The third-order valence-electron chi connectivity index (χ3n) is 0.787. The van der Waals surface area contributed by atoms with Gasteiger partial charge in [-0.3, -0.25) is 0 Å². The van der Waals surface area contributed by atoms with Gasteiger partial charge in [-0.1, -0.05) is 29.3 Å².